The van der Waals surface area contributed by atoms with Gasteiger partial charge in [-0.15, -0.1) is 0 Å². The maximum atomic E-state index is 10.6. The number of hydrogen-bond donors (Lipinski definition) is 0. The van der Waals surface area contributed by atoms with Crippen molar-refractivity contribution in [1.29, 1.82) is 0 Å². The molecule has 1 heterocycles. The van der Waals surface area contributed by atoms with Gasteiger partial charge in [0.25, 0.3) is 5.69 Å². The summed E-state index contributed by atoms with van der Waals surface area (Å²) in [7, 11) is 0. The lowest BCUT2D eigenvalue weighted by molar-refractivity contribution is -0.384. The smallest absolute Gasteiger partial charge is 0.269 e. The Balaban J connectivity index is 2.27. The standard InChI is InChI=1S/C11H8ClN3O3/c1-7-6-8(15(16)17)2-3-9(7)18-10-4-5-13-11(12)14-10/h2-6H,1H3. The van der Waals surface area contributed by atoms with Gasteiger partial charge in [0.05, 0.1) is 4.92 Å². The van der Waals surface area contributed by atoms with Crippen molar-refractivity contribution in [2.75, 3.05) is 0 Å². The van der Waals surface area contributed by atoms with E-state index in [4.69, 9.17) is 16.3 Å². The number of nitrogens with zero attached hydrogens (tertiary/aromatic N) is 3. The molecule has 0 aliphatic heterocycles. The van der Waals surface area contributed by atoms with Gasteiger partial charge in [0.2, 0.25) is 11.2 Å². The summed E-state index contributed by atoms with van der Waals surface area (Å²) < 4.78 is 5.47. The summed E-state index contributed by atoms with van der Waals surface area (Å²) in [6.07, 6.45) is 1.46. The second-order valence-corrected chi connectivity index (χ2v) is 3.81. The Morgan fingerprint density at radius 2 is 2.17 bits per heavy atom. The fourth-order valence-electron chi connectivity index (χ4n) is 1.35. The maximum absolute atomic E-state index is 10.6. The molecule has 2 aromatic rings. The third kappa shape index (κ3) is 2.72. The van der Waals surface area contributed by atoms with Crippen LogP contribution in [-0.4, -0.2) is 14.9 Å². The molecular weight excluding hydrogens is 258 g/mol. The Morgan fingerprint density at radius 3 is 2.78 bits per heavy atom. The molecule has 0 aliphatic rings. The zero-order chi connectivity index (χ0) is 13.1. The van der Waals surface area contributed by atoms with Crippen LogP contribution in [0.25, 0.3) is 0 Å². The molecular formula is C11H8ClN3O3. The van der Waals surface area contributed by atoms with Crippen molar-refractivity contribution >= 4 is 17.3 Å². The van der Waals surface area contributed by atoms with Gasteiger partial charge in [0.15, 0.2) is 0 Å². The molecule has 0 N–H and O–H groups in total. The van der Waals surface area contributed by atoms with Gasteiger partial charge < -0.3 is 4.74 Å². The molecule has 0 saturated carbocycles. The number of non-ortho nitro benzene ring substituents is 1. The number of hydrogen-bond acceptors (Lipinski definition) is 5. The third-order valence-electron chi connectivity index (χ3n) is 2.18. The molecule has 0 atom stereocenters. The molecule has 18 heavy (non-hydrogen) atoms. The monoisotopic (exact) mass is 265 g/mol. The van der Waals surface area contributed by atoms with Gasteiger partial charge in [0.1, 0.15) is 5.75 Å². The average molecular weight is 266 g/mol. The fourth-order valence-corrected chi connectivity index (χ4v) is 1.49. The second kappa shape index (κ2) is 4.97. The number of ether oxygens (including phenoxy) is 1. The number of rotatable bonds is 3. The molecule has 0 amide bonds. The van der Waals surface area contributed by atoms with E-state index in [9.17, 15) is 10.1 Å². The highest BCUT2D eigenvalue weighted by Crippen LogP contribution is 2.27. The highest BCUT2D eigenvalue weighted by atomic mass is 35.5. The Morgan fingerprint density at radius 1 is 1.39 bits per heavy atom. The van der Waals surface area contributed by atoms with E-state index >= 15 is 0 Å². The Bertz CT molecular complexity index is 604. The van der Waals surface area contributed by atoms with Crippen molar-refractivity contribution < 1.29 is 9.66 Å². The second-order valence-electron chi connectivity index (χ2n) is 3.47. The first-order valence-electron chi connectivity index (χ1n) is 4.98. The summed E-state index contributed by atoms with van der Waals surface area (Å²) in [5.41, 5.74) is 0.652. The van der Waals surface area contributed by atoms with Crippen LogP contribution < -0.4 is 4.74 Å². The Kier molecular flexibility index (Phi) is 3.38. The van der Waals surface area contributed by atoms with Gasteiger partial charge in [-0.3, -0.25) is 10.1 Å². The van der Waals surface area contributed by atoms with E-state index < -0.39 is 4.92 Å². The van der Waals surface area contributed by atoms with Gasteiger partial charge in [0, 0.05) is 24.4 Å². The first-order valence-corrected chi connectivity index (χ1v) is 5.35. The molecule has 0 unspecified atom stereocenters. The molecule has 0 saturated heterocycles. The van der Waals surface area contributed by atoms with E-state index in [0.717, 1.165) is 0 Å². The van der Waals surface area contributed by atoms with Crippen LogP contribution in [0.5, 0.6) is 11.6 Å². The van der Waals surface area contributed by atoms with E-state index in [0.29, 0.717) is 11.3 Å². The number of benzene rings is 1. The first kappa shape index (κ1) is 12.3. The predicted octanol–water partition coefficient (Wildman–Crippen LogP) is 3.14. The van der Waals surface area contributed by atoms with E-state index in [1.807, 2.05) is 0 Å². The average Bonchev–Trinajstić information content (AvgIpc) is 2.31. The summed E-state index contributed by atoms with van der Waals surface area (Å²) in [6.45, 7) is 1.71. The molecule has 0 spiro atoms. The van der Waals surface area contributed by atoms with Crippen molar-refractivity contribution in [2.45, 2.75) is 6.92 Å². The molecule has 0 fully saturated rings. The third-order valence-corrected chi connectivity index (χ3v) is 2.37. The van der Waals surface area contributed by atoms with Gasteiger partial charge in [-0.05, 0) is 30.2 Å². The van der Waals surface area contributed by atoms with Crippen LogP contribution in [0.15, 0.2) is 30.5 Å². The molecule has 7 heteroatoms. The van der Waals surface area contributed by atoms with Crippen molar-refractivity contribution in [1.82, 2.24) is 9.97 Å². The molecule has 1 aromatic heterocycles. The lowest BCUT2D eigenvalue weighted by Gasteiger charge is -2.07. The van der Waals surface area contributed by atoms with Gasteiger partial charge >= 0.3 is 0 Å². The maximum Gasteiger partial charge on any atom is 0.269 e. The van der Waals surface area contributed by atoms with Crippen LogP contribution in [0.1, 0.15) is 5.56 Å². The van der Waals surface area contributed by atoms with Crippen molar-refractivity contribution in [2.24, 2.45) is 0 Å². The normalized spacial score (nSPS) is 10.1. The van der Waals surface area contributed by atoms with E-state index in [1.54, 1.807) is 13.0 Å². The van der Waals surface area contributed by atoms with Crippen LogP contribution >= 0.6 is 11.6 Å². The van der Waals surface area contributed by atoms with E-state index in [-0.39, 0.29) is 16.9 Å². The minimum absolute atomic E-state index is 0.0144. The van der Waals surface area contributed by atoms with Crippen molar-refractivity contribution in [3.05, 3.63) is 51.4 Å². The largest absolute Gasteiger partial charge is 0.439 e. The topological polar surface area (TPSA) is 78.2 Å². The number of halogens is 1. The SMILES string of the molecule is Cc1cc([N+](=O)[O-])ccc1Oc1ccnc(Cl)n1. The predicted molar refractivity (Wildman–Crippen MR) is 64.9 cm³/mol. The zero-order valence-corrected chi connectivity index (χ0v) is 10.1. The highest BCUT2D eigenvalue weighted by Gasteiger charge is 2.10. The zero-order valence-electron chi connectivity index (χ0n) is 9.33. The molecule has 2 rings (SSSR count). The lowest BCUT2D eigenvalue weighted by Crippen LogP contribution is -1.93. The van der Waals surface area contributed by atoms with Crippen molar-refractivity contribution in [3.63, 3.8) is 0 Å². The van der Waals surface area contributed by atoms with Crippen LogP contribution in [-0.2, 0) is 0 Å². The molecule has 0 radical (unpaired) electrons. The minimum Gasteiger partial charge on any atom is -0.439 e. The van der Waals surface area contributed by atoms with Crippen LogP contribution in [0.3, 0.4) is 0 Å². The summed E-state index contributed by atoms with van der Waals surface area (Å²) in [5, 5.41) is 10.7. The molecule has 0 bridgehead atoms. The highest BCUT2D eigenvalue weighted by molar-refractivity contribution is 6.28. The minimum atomic E-state index is -0.460. The molecule has 6 nitrogen and oxygen atoms in total. The fraction of sp³-hybridized carbons (Fsp3) is 0.0909. The van der Waals surface area contributed by atoms with E-state index in [2.05, 4.69) is 9.97 Å². The molecule has 1 aromatic carbocycles. The van der Waals surface area contributed by atoms with Crippen LogP contribution in [0.2, 0.25) is 5.28 Å². The van der Waals surface area contributed by atoms with E-state index in [1.165, 1.54) is 24.4 Å². The lowest BCUT2D eigenvalue weighted by atomic mass is 10.2. The Labute approximate surface area is 107 Å². The van der Waals surface area contributed by atoms with Gasteiger partial charge in [-0.1, -0.05) is 0 Å². The van der Waals surface area contributed by atoms with Crippen LogP contribution in [0.4, 0.5) is 5.69 Å². The molecule has 0 aliphatic carbocycles. The summed E-state index contributed by atoms with van der Waals surface area (Å²) in [6, 6.07) is 5.86. The summed E-state index contributed by atoms with van der Waals surface area (Å²) in [5.74, 6) is 0.766. The number of aromatic nitrogens is 2. The first-order chi connectivity index (χ1) is 8.56. The Hall–Kier alpha value is -2.21. The number of nitro benzene ring substituents is 1. The summed E-state index contributed by atoms with van der Waals surface area (Å²) >= 11 is 5.63. The summed E-state index contributed by atoms with van der Waals surface area (Å²) in [4.78, 5) is 17.7. The quantitative estimate of drug-likeness (QED) is 0.484. The van der Waals surface area contributed by atoms with Gasteiger partial charge in [-0.25, -0.2) is 4.98 Å². The number of nitro groups is 1. The van der Waals surface area contributed by atoms with Crippen LogP contribution in [0, 0.1) is 17.0 Å². The number of aryl methyl sites for hydroxylation is 1. The van der Waals surface area contributed by atoms with Gasteiger partial charge in [-0.2, -0.15) is 4.98 Å². The van der Waals surface area contributed by atoms with Crippen molar-refractivity contribution in [3.8, 4) is 11.6 Å². The molecule has 92 valence electrons.